The van der Waals surface area contributed by atoms with Gasteiger partial charge in [0.2, 0.25) is 5.88 Å². The fraction of sp³-hybridized carbons (Fsp3) is 0.235. The van der Waals surface area contributed by atoms with Crippen LogP contribution in [0.1, 0.15) is 45.7 Å². The number of fused-ring (bicyclic) bond motifs is 1. The van der Waals surface area contributed by atoms with E-state index < -0.39 is 35.5 Å². The first-order chi connectivity index (χ1) is 21.7. The van der Waals surface area contributed by atoms with Crippen molar-refractivity contribution in [3.8, 4) is 23.2 Å². The van der Waals surface area contributed by atoms with Crippen LogP contribution in [0.5, 0.6) is 5.88 Å². The van der Waals surface area contributed by atoms with E-state index in [1.165, 1.54) is 31.4 Å². The summed E-state index contributed by atoms with van der Waals surface area (Å²) in [6.07, 6.45) is 1.46. The Labute approximate surface area is 255 Å². The average molecular weight is 615 g/mol. The molecule has 7 nitrogen and oxygen atoms in total. The van der Waals surface area contributed by atoms with Crippen LogP contribution in [-0.2, 0) is 24.3 Å². The van der Waals surface area contributed by atoms with Crippen molar-refractivity contribution in [2.24, 2.45) is 5.41 Å². The molecule has 0 spiro atoms. The number of nitrogens with zero attached hydrogens (tertiary/aromatic N) is 4. The highest BCUT2D eigenvalue weighted by Gasteiger charge is 2.44. The lowest BCUT2D eigenvalue weighted by atomic mass is 10.0. The zero-order valence-electron chi connectivity index (χ0n) is 24.1. The lowest BCUT2D eigenvalue weighted by molar-refractivity contribution is 0.0600. The Balaban J connectivity index is 1.26. The number of rotatable bonds is 10. The van der Waals surface area contributed by atoms with Gasteiger partial charge in [0.15, 0.2) is 5.82 Å². The molecule has 45 heavy (non-hydrogen) atoms. The number of methoxy groups -OCH3 is 1. The van der Waals surface area contributed by atoms with Crippen LogP contribution in [0.2, 0.25) is 0 Å². The molecule has 0 aliphatic heterocycles. The molecule has 1 saturated carbocycles. The van der Waals surface area contributed by atoms with Gasteiger partial charge in [-0.1, -0.05) is 18.2 Å². The first kappa shape index (κ1) is 29.8. The number of imidazole rings is 1. The molecular formula is C34H26F4N4O3. The summed E-state index contributed by atoms with van der Waals surface area (Å²) in [7, 11) is 1.20. The summed E-state index contributed by atoms with van der Waals surface area (Å²) in [5.74, 6) is -2.01. The number of hydrogen-bond acceptors (Lipinski definition) is 6. The minimum absolute atomic E-state index is 0.0106. The van der Waals surface area contributed by atoms with E-state index in [4.69, 9.17) is 14.7 Å². The van der Waals surface area contributed by atoms with Gasteiger partial charge in [0, 0.05) is 35.6 Å². The van der Waals surface area contributed by atoms with Crippen molar-refractivity contribution in [2.45, 2.75) is 32.4 Å². The summed E-state index contributed by atoms with van der Waals surface area (Å²) < 4.78 is 70.8. The minimum atomic E-state index is -0.713. The molecule has 1 fully saturated rings. The van der Waals surface area contributed by atoms with Crippen molar-refractivity contribution < 1.29 is 31.8 Å². The van der Waals surface area contributed by atoms with Crippen LogP contribution < -0.4 is 4.74 Å². The molecule has 0 radical (unpaired) electrons. The van der Waals surface area contributed by atoms with E-state index in [1.807, 2.05) is 6.07 Å². The molecule has 1 aliphatic carbocycles. The van der Waals surface area contributed by atoms with Gasteiger partial charge in [-0.05, 0) is 60.9 Å². The molecule has 5 aromatic rings. The number of carbonyl (C=O) groups excluding carboxylic acids is 1. The molecule has 0 N–H and O–H groups in total. The van der Waals surface area contributed by atoms with Crippen LogP contribution in [0.25, 0.3) is 22.3 Å². The number of esters is 1. The standard InChI is InChI=1S/C34H26F4N4O3/c1-44-33(43)23-14-27(38)32-29(15-23)42(19-34(18-35)9-10-34)30(41-32)13-20-6-8-24(26(37)11-20)28-3-2-4-31(40-28)45-17-22-7-5-21(16-39)12-25(22)36/h2-8,11-12,14-15H,9-10,13,17-19H2,1H3. The monoisotopic (exact) mass is 614 g/mol. The lowest BCUT2D eigenvalue weighted by Crippen LogP contribution is -2.16. The van der Waals surface area contributed by atoms with E-state index in [2.05, 4.69) is 9.97 Å². The SMILES string of the molecule is COC(=O)c1cc(F)c2nc(Cc3ccc(-c4cccc(OCc5ccc(C#N)cc5F)n4)c(F)c3)n(CC3(CF)CC3)c2c1. The second kappa shape index (κ2) is 12.0. The summed E-state index contributed by atoms with van der Waals surface area (Å²) in [5, 5.41) is 8.92. The second-order valence-corrected chi connectivity index (χ2v) is 11.1. The summed E-state index contributed by atoms with van der Waals surface area (Å²) in [6.45, 7) is -0.447. The van der Waals surface area contributed by atoms with E-state index in [9.17, 15) is 13.6 Å². The topological polar surface area (TPSA) is 90.0 Å². The van der Waals surface area contributed by atoms with E-state index >= 15 is 8.78 Å². The third-order valence-electron chi connectivity index (χ3n) is 7.99. The molecule has 1 aliphatic rings. The Kier molecular flexibility index (Phi) is 7.97. The first-order valence-corrected chi connectivity index (χ1v) is 14.1. The molecule has 228 valence electrons. The molecule has 2 heterocycles. The normalized spacial score (nSPS) is 13.4. The highest BCUT2D eigenvalue weighted by atomic mass is 19.1. The molecule has 0 atom stereocenters. The maximum Gasteiger partial charge on any atom is 0.338 e. The summed E-state index contributed by atoms with van der Waals surface area (Å²) in [5.41, 5.74) is 1.26. The Morgan fingerprint density at radius 2 is 1.82 bits per heavy atom. The number of hydrogen-bond donors (Lipinski definition) is 0. The third-order valence-corrected chi connectivity index (χ3v) is 7.99. The summed E-state index contributed by atoms with van der Waals surface area (Å²) >= 11 is 0. The molecule has 0 unspecified atom stereocenters. The van der Waals surface area contributed by atoms with Crippen LogP contribution in [0.3, 0.4) is 0 Å². The second-order valence-electron chi connectivity index (χ2n) is 11.1. The molecule has 11 heteroatoms. The maximum atomic E-state index is 15.5. The third kappa shape index (κ3) is 6.09. The summed E-state index contributed by atoms with van der Waals surface area (Å²) in [4.78, 5) is 21.0. The number of alkyl halides is 1. The molecule has 6 rings (SSSR count). The van der Waals surface area contributed by atoms with Gasteiger partial charge in [0.1, 0.15) is 29.6 Å². The van der Waals surface area contributed by atoms with Crippen molar-refractivity contribution in [3.63, 3.8) is 0 Å². The van der Waals surface area contributed by atoms with Crippen LogP contribution in [0, 0.1) is 34.2 Å². The Bertz CT molecular complexity index is 1980. The van der Waals surface area contributed by atoms with Crippen molar-refractivity contribution >= 4 is 17.0 Å². The van der Waals surface area contributed by atoms with Gasteiger partial charge >= 0.3 is 5.97 Å². The molecular weight excluding hydrogens is 588 g/mol. The lowest BCUT2D eigenvalue weighted by Gasteiger charge is -2.16. The number of benzene rings is 3. The predicted octanol–water partition coefficient (Wildman–Crippen LogP) is 7.09. The minimum Gasteiger partial charge on any atom is -0.473 e. The fourth-order valence-corrected chi connectivity index (χ4v) is 5.21. The van der Waals surface area contributed by atoms with Gasteiger partial charge in [0.25, 0.3) is 0 Å². The number of carbonyl (C=O) groups is 1. The smallest absolute Gasteiger partial charge is 0.338 e. The van der Waals surface area contributed by atoms with Crippen LogP contribution in [0.4, 0.5) is 17.6 Å². The van der Waals surface area contributed by atoms with Crippen molar-refractivity contribution in [1.82, 2.24) is 14.5 Å². The molecule has 0 amide bonds. The van der Waals surface area contributed by atoms with E-state index in [-0.39, 0.29) is 53.2 Å². The predicted molar refractivity (Wildman–Crippen MR) is 157 cm³/mol. The van der Waals surface area contributed by atoms with Crippen molar-refractivity contribution in [2.75, 3.05) is 13.8 Å². The quantitative estimate of drug-likeness (QED) is 0.123. The molecule has 0 saturated heterocycles. The van der Waals surface area contributed by atoms with Crippen LogP contribution in [0.15, 0.2) is 66.7 Å². The van der Waals surface area contributed by atoms with E-state index in [0.29, 0.717) is 35.4 Å². The van der Waals surface area contributed by atoms with Gasteiger partial charge in [-0.25, -0.2) is 27.9 Å². The Hall–Kier alpha value is -5.24. The average Bonchev–Trinajstić information content (AvgIpc) is 3.75. The Morgan fingerprint density at radius 3 is 2.51 bits per heavy atom. The Morgan fingerprint density at radius 1 is 1.00 bits per heavy atom. The zero-order valence-corrected chi connectivity index (χ0v) is 24.1. The highest BCUT2D eigenvalue weighted by molar-refractivity contribution is 5.94. The largest absolute Gasteiger partial charge is 0.473 e. The number of ether oxygens (including phenoxy) is 2. The maximum absolute atomic E-state index is 15.5. The number of aromatic nitrogens is 3. The fourth-order valence-electron chi connectivity index (χ4n) is 5.21. The van der Waals surface area contributed by atoms with Gasteiger partial charge in [-0.2, -0.15) is 5.26 Å². The van der Waals surface area contributed by atoms with Crippen LogP contribution in [-0.4, -0.2) is 34.3 Å². The molecule has 2 aromatic heterocycles. The van der Waals surface area contributed by atoms with Crippen molar-refractivity contribution in [1.29, 1.82) is 5.26 Å². The van der Waals surface area contributed by atoms with E-state index in [1.54, 1.807) is 34.9 Å². The highest BCUT2D eigenvalue weighted by Crippen LogP contribution is 2.48. The number of halogens is 4. The zero-order chi connectivity index (χ0) is 31.7. The van der Waals surface area contributed by atoms with Gasteiger partial charge in [-0.15, -0.1) is 0 Å². The first-order valence-electron chi connectivity index (χ1n) is 14.1. The number of pyridine rings is 1. The van der Waals surface area contributed by atoms with Gasteiger partial charge in [0.05, 0.1) is 42.2 Å². The number of nitriles is 1. The van der Waals surface area contributed by atoms with Crippen molar-refractivity contribution in [3.05, 3.63) is 112 Å². The van der Waals surface area contributed by atoms with Gasteiger partial charge in [-0.3, -0.25) is 4.39 Å². The van der Waals surface area contributed by atoms with E-state index in [0.717, 1.165) is 12.1 Å². The van der Waals surface area contributed by atoms with Crippen LogP contribution >= 0.6 is 0 Å². The molecule has 0 bridgehead atoms. The van der Waals surface area contributed by atoms with Gasteiger partial charge < -0.3 is 14.0 Å². The molecule has 3 aromatic carbocycles. The summed E-state index contributed by atoms with van der Waals surface area (Å²) in [6, 6.07) is 17.9.